The highest BCUT2D eigenvalue weighted by atomic mass is 16.3. The van der Waals surface area contributed by atoms with Gasteiger partial charge in [-0.2, -0.15) is 0 Å². The van der Waals surface area contributed by atoms with Gasteiger partial charge in [-0.25, -0.2) is 0 Å². The summed E-state index contributed by atoms with van der Waals surface area (Å²) < 4.78 is 6.73. The molecule has 0 saturated carbocycles. The molecule has 0 spiro atoms. The minimum Gasteiger partial charge on any atom is -0.455 e. The third-order valence-corrected chi connectivity index (χ3v) is 10.3. The number of furan rings is 1. The highest BCUT2D eigenvalue weighted by molar-refractivity contribution is 6.23. The van der Waals surface area contributed by atoms with Crippen molar-refractivity contribution in [3.05, 3.63) is 200 Å². The van der Waals surface area contributed by atoms with Crippen LogP contribution >= 0.6 is 0 Å². The van der Waals surface area contributed by atoms with Crippen molar-refractivity contribution in [3.63, 3.8) is 0 Å². The lowest BCUT2D eigenvalue weighted by molar-refractivity contribution is 0.673. The van der Waals surface area contributed by atoms with Gasteiger partial charge in [-0.05, 0) is 86.4 Å². The van der Waals surface area contributed by atoms with Crippen LogP contribution in [0.4, 0.5) is 17.1 Å². The zero-order chi connectivity index (χ0) is 34.4. The van der Waals surface area contributed by atoms with Crippen LogP contribution in [0.25, 0.3) is 76.9 Å². The minimum atomic E-state index is 0.888. The zero-order valence-electron chi connectivity index (χ0n) is 28.4. The van der Waals surface area contributed by atoms with Gasteiger partial charge in [0.25, 0.3) is 0 Å². The summed E-state index contributed by atoms with van der Waals surface area (Å²) in [5.41, 5.74) is 12.2. The Morgan fingerprint density at radius 2 is 0.923 bits per heavy atom. The molecule has 0 radical (unpaired) electrons. The van der Waals surface area contributed by atoms with Crippen molar-refractivity contribution >= 4 is 60.5 Å². The van der Waals surface area contributed by atoms with E-state index < -0.39 is 0 Å². The topological polar surface area (TPSA) is 16.4 Å². The number of benzene rings is 9. The molecule has 10 aromatic rings. The molecule has 9 aromatic carbocycles. The van der Waals surface area contributed by atoms with Gasteiger partial charge in [0, 0.05) is 33.1 Å². The van der Waals surface area contributed by atoms with E-state index in [9.17, 15) is 0 Å². The molecule has 0 aliphatic rings. The van der Waals surface area contributed by atoms with Crippen LogP contribution < -0.4 is 4.90 Å². The van der Waals surface area contributed by atoms with Crippen molar-refractivity contribution in [2.24, 2.45) is 0 Å². The van der Waals surface area contributed by atoms with Gasteiger partial charge in [-0.1, -0.05) is 158 Å². The third-order valence-electron chi connectivity index (χ3n) is 10.3. The van der Waals surface area contributed by atoms with Gasteiger partial charge in [-0.15, -0.1) is 0 Å². The maximum Gasteiger partial charge on any atom is 0.143 e. The third kappa shape index (κ3) is 4.96. The van der Waals surface area contributed by atoms with E-state index in [0.717, 1.165) is 55.5 Å². The minimum absolute atomic E-state index is 0.888. The molecule has 52 heavy (non-hydrogen) atoms. The summed E-state index contributed by atoms with van der Waals surface area (Å²) in [4.78, 5) is 2.35. The fraction of sp³-hybridized carbons (Fsp3) is 0. The fourth-order valence-corrected chi connectivity index (χ4v) is 7.90. The van der Waals surface area contributed by atoms with Crippen LogP contribution in [0.1, 0.15) is 0 Å². The lowest BCUT2D eigenvalue weighted by Crippen LogP contribution is -2.11. The van der Waals surface area contributed by atoms with Gasteiger partial charge < -0.3 is 9.32 Å². The second-order valence-electron chi connectivity index (χ2n) is 13.3. The van der Waals surface area contributed by atoms with Crippen molar-refractivity contribution in [2.75, 3.05) is 4.90 Å². The van der Waals surface area contributed by atoms with E-state index in [-0.39, 0.29) is 0 Å². The van der Waals surface area contributed by atoms with Crippen molar-refractivity contribution in [2.45, 2.75) is 0 Å². The zero-order valence-corrected chi connectivity index (χ0v) is 28.4. The molecule has 2 nitrogen and oxygen atoms in total. The predicted molar refractivity (Wildman–Crippen MR) is 220 cm³/mol. The highest BCUT2D eigenvalue weighted by Gasteiger charge is 2.20. The van der Waals surface area contributed by atoms with E-state index in [1.807, 2.05) is 0 Å². The predicted octanol–water partition coefficient (Wildman–Crippen LogP) is 14.4. The maximum atomic E-state index is 6.73. The van der Waals surface area contributed by atoms with Gasteiger partial charge >= 0.3 is 0 Å². The van der Waals surface area contributed by atoms with Crippen molar-refractivity contribution < 1.29 is 4.42 Å². The highest BCUT2D eigenvalue weighted by Crippen LogP contribution is 2.45. The van der Waals surface area contributed by atoms with Gasteiger partial charge in [0.1, 0.15) is 11.2 Å². The molecule has 0 aliphatic heterocycles. The van der Waals surface area contributed by atoms with E-state index >= 15 is 0 Å². The SMILES string of the molecule is c1ccc(-c2ccccc2N(c2ccccc2)c2ccc(-c3cccc4oc5c6ccccc6c(-c6cccc7ccccc67)cc5c34)cc2)cc1. The van der Waals surface area contributed by atoms with Crippen molar-refractivity contribution in [1.29, 1.82) is 0 Å². The van der Waals surface area contributed by atoms with Crippen LogP contribution in [0.3, 0.4) is 0 Å². The fourth-order valence-electron chi connectivity index (χ4n) is 7.90. The quantitative estimate of drug-likeness (QED) is 0.176. The van der Waals surface area contributed by atoms with Crippen LogP contribution in [-0.4, -0.2) is 0 Å². The summed E-state index contributed by atoms with van der Waals surface area (Å²) in [7, 11) is 0. The normalized spacial score (nSPS) is 11.5. The van der Waals surface area contributed by atoms with Crippen molar-refractivity contribution in [3.8, 4) is 33.4 Å². The first-order valence-electron chi connectivity index (χ1n) is 17.8. The Balaban J connectivity index is 1.15. The largest absolute Gasteiger partial charge is 0.455 e. The summed E-state index contributed by atoms with van der Waals surface area (Å²) in [6.45, 7) is 0. The number of nitrogens with zero attached hydrogens (tertiary/aromatic N) is 1. The summed E-state index contributed by atoms with van der Waals surface area (Å²) in [6, 6.07) is 71.5. The molecular formula is C50H33NO. The number of hydrogen-bond donors (Lipinski definition) is 0. The summed E-state index contributed by atoms with van der Waals surface area (Å²) in [5.74, 6) is 0. The molecule has 0 atom stereocenters. The molecule has 0 saturated heterocycles. The van der Waals surface area contributed by atoms with Gasteiger partial charge in [0.05, 0.1) is 5.69 Å². The Hall–Kier alpha value is -6.90. The molecule has 244 valence electrons. The smallest absolute Gasteiger partial charge is 0.143 e. The molecule has 2 heteroatoms. The Kier molecular flexibility index (Phi) is 7.18. The molecule has 10 rings (SSSR count). The number of anilines is 3. The number of fused-ring (bicyclic) bond motifs is 6. The van der Waals surface area contributed by atoms with Gasteiger partial charge in [-0.3, -0.25) is 0 Å². The molecule has 0 fully saturated rings. The second kappa shape index (κ2) is 12.5. The average Bonchev–Trinajstić information content (AvgIpc) is 3.61. The molecule has 1 aromatic heterocycles. The Bertz CT molecular complexity index is 2880. The van der Waals surface area contributed by atoms with Crippen molar-refractivity contribution in [1.82, 2.24) is 0 Å². The molecule has 0 unspecified atom stereocenters. The van der Waals surface area contributed by atoms with Crippen LogP contribution in [-0.2, 0) is 0 Å². The summed E-state index contributed by atoms with van der Waals surface area (Å²) in [6.07, 6.45) is 0. The van der Waals surface area contributed by atoms with Gasteiger partial charge in [0.2, 0.25) is 0 Å². The van der Waals surface area contributed by atoms with E-state index in [4.69, 9.17) is 4.42 Å². The molecular weight excluding hydrogens is 631 g/mol. The first-order valence-corrected chi connectivity index (χ1v) is 17.8. The molecule has 0 aliphatic carbocycles. The Labute approximate surface area is 302 Å². The average molecular weight is 664 g/mol. The summed E-state index contributed by atoms with van der Waals surface area (Å²) in [5, 5.41) is 7.04. The van der Waals surface area contributed by atoms with Crippen LogP contribution in [0.5, 0.6) is 0 Å². The Morgan fingerprint density at radius 1 is 0.346 bits per heavy atom. The molecule has 0 N–H and O–H groups in total. The standard InChI is InChI=1S/C50H33NO/c1-3-15-35(16-4-1)40-22-11-12-27-47(40)51(37-19-5-2-6-20-37)38-31-29-36(30-32-38)41-25-14-28-48-49(41)46-33-45(43-23-9-10-24-44(43)50(46)52-48)42-26-13-18-34-17-7-8-21-39(34)42/h1-33H. The van der Waals surface area contributed by atoms with Gasteiger partial charge in [0.15, 0.2) is 0 Å². The van der Waals surface area contributed by atoms with E-state index in [1.54, 1.807) is 0 Å². The van der Waals surface area contributed by atoms with Crippen LogP contribution in [0, 0.1) is 0 Å². The summed E-state index contributed by atoms with van der Waals surface area (Å²) >= 11 is 0. The Morgan fingerprint density at radius 3 is 1.75 bits per heavy atom. The monoisotopic (exact) mass is 663 g/mol. The molecule has 0 amide bonds. The van der Waals surface area contributed by atoms with Crippen LogP contribution in [0.2, 0.25) is 0 Å². The van der Waals surface area contributed by atoms with E-state index in [1.165, 1.54) is 38.4 Å². The lowest BCUT2D eigenvalue weighted by Gasteiger charge is -2.28. The number of para-hydroxylation sites is 2. The molecule has 0 bridgehead atoms. The first kappa shape index (κ1) is 30.0. The lowest BCUT2D eigenvalue weighted by atomic mass is 9.91. The van der Waals surface area contributed by atoms with E-state index in [2.05, 4.69) is 205 Å². The number of rotatable bonds is 6. The second-order valence-corrected chi connectivity index (χ2v) is 13.3. The maximum absolute atomic E-state index is 6.73. The van der Waals surface area contributed by atoms with E-state index in [0.29, 0.717) is 0 Å². The molecule has 1 heterocycles. The first-order chi connectivity index (χ1) is 25.8. The number of hydrogen-bond acceptors (Lipinski definition) is 2. The van der Waals surface area contributed by atoms with Crippen LogP contribution in [0.15, 0.2) is 205 Å².